The van der Waals surface area contributed by atoms with E-state index in [4.69, 9.17) is 0 Å². The first-order valence-corrected chi connectivity index (χ1v) is 6.76. The summed E-state index contributed by atoms with van der Waals surface area (Å²) in [7, 11) is 0. The van der Waals surface area contributed by atoms with E-state index in [1.807, 2.05) is 6.26 Å². The highest BCUT2D eigenvalue weighted by molar-refractivity contribution is 8.02. The van der Waals surface area contributed by atoms with Gasteiger partial charge in [-0.1, -0.05) is 34.9 Å². The zero-order chi connectivity index (χ0) is 10.4. The van der Waals surface area contributed by atoms with Gasteiger partial charge in [-0.3, -0.25) is 0 Å². The summed E-state index contributed by atoms with van der Waals surface area (Å²) in [5.74, 6) is 0.611. The van der Waals surface area contributed by atoms with Gasteiger partial charge in [-0.05, 0) is 18.8 Å². The minimum Gasteiger partial charge on any atom is -0.174 e. The molecule has 0 amide bonds. The third kappa shape index (κ3) is 4.39. The number of nitrogens with zero attached hydrogens (tertiary/aromatic N) is 2. The molecule has 0 N–H and O–H groups in total. The summed E-state index contributed by atoms with van der Waals surface area (Å²) in [6, 6.07) is 0. The van der Waals surface area contributed by atoms with E-state index in [0.29, 0.717) is 12.2 Å². The van der Waals surface area contributed by atoms with Crippen molar-refractivity contribution in [3.63, 3.8) is 0 Å². The Kier molecular flexibility index (Phi) is 5.42. The fourth-order valence-electron chi connectivity index (χ4n) is 0.652. The molecule has 7 heteroatoms. The van der Waals surface area contributed by atoms with Crippen molar-refractivity contribution in [2.24, 2.45) is 0 Å². The molecule has 0 saturated carbocycles. The van der Waals surface area contributed by atoms with Gasteiger partial charge in [0.1, 0.15) is 0 Å². The van der Waals surface area contributed by atoms with Crippen LogP contribution in [0.2, 0.25) is 0 Å². The molecule has 0 unspecified atom stereocenters. The second-order valence-corrected chi connectivity index (χ2v) is 5.54. The highest BCUT2D eigenvalue weighted by atomic mass is 32.2. The van der Waals surface area contributed by atoms with Gasteiger partial charge in [-0.2, -0.15) is 8.78 Å². The van der Waals surface area contributed by atoms with E-state index in [0.717, 1.165) is 14.8 Å². The Balaban J connectivity index is 2.28. The van der Waals surface area contributed by atoms with E-state index < -0.39 is 6.08 Å². The van der Waals surface area contributed by atoms with E-state index in [-0.39, 0.29) is 0 Å². The Hall–Kier alpha value is -0.140. The van der Waals surface area contributed by atoms with Crippen LogP contribution in [0.3, 0.4) is 0 Å². The van der Waals surface area contributed by atoms with Gasteiger partial charge < -0.3 is 0 Å². The molecule has 14 heavy (non-hydrogen) atoms. The minimum atomic E-state index is -1.62. The van der Waals surface area contributed by atoms with Crippen molar-refractivity contribution in [3.05, 3.63) is 12.2 Å². The van der Waals surface area contributed by atoms with E-state index in [9.17, 15) is 8.78 Å². The summed E-state index contributed by atoms with van der Waals surface area (Å²) in [4.78, 5) is 0. The van der Waals surface area contributed by atoms with Crippen LogP contribution < -0.4 is 0 Å². The van der Waals surface area contributed by atoms with Crippen molar-refractivity contribution in [1.82, 2.24) is 10.2 Å². The molecule has 0 spiro atoms. The molecule has 0 atom stereocenters. The lowest BCUT2D eigenvalue weighted by atomic mass is 10.5. The Labute approximate surface area is 93.2 Å². The average molecular weight is 254 g/mol. The highest BCUT2D eigenvalue weighted by Crippen LogP contribution is 2.27. The number of hydrogen-bond donors (Lipinski definition) is 0. The molecule has 1 aromatic rings. The van der Waals surface area contributed by atoms with Gasteiger partial charge in [-0.15, -0.1) is 10.2 Å². The van der Waals surface area contributed by atoms with Crippen molar-refractivity contribution in [3.8, 4) is 0 Å². The number of rotatable bonds is 5. The van der Waals surface area contributed by atoms with E-state index >= 15 is 0 Å². The SMILES string of the molecule is CSc1nnc(SCCC=C(F)F)s1. The van der Waals surface area contributed by atoms with E-state index in [2.05, 4.69) is 10.2 Å². The molecule has 0 saturated heterocycles. The number of hydrogen-bond acceptors (Lipinski definition) is 5. The second kappa shape index (κ2) is 6.36. The molecule has 0 bridgehead atoms. The normalized spacial score (nSPS) is 10.2. The molecule has 0 aliphatic carbocycles. The summed E-state index contributed by atoms with van der Waals surface area (Å²) in [5, 5.41) is 7.80. The monoisotopic (exact) mass is 254 g/mol. The smallest absolute Gasteiger partial charge is 0.174 e. The molecule has 1 rings (SSSR count). The summed E-state index contributed by atoms with van der Waals surface area (Å²) in [5.41, 5.74) is 0. The van der Waals surface area contributed by atoms with Crippen molar-refractivity contribution < 1.29 is 8.78 Å². The number of thioether (sulfide) groups is 2. The van der Waals surface area contributed by atoms with Crippen LogP contribution in [0.15, 0.2) is 20.8 Å². The molecule has 0 aliphatic rings. The maximum Gasteiger partial charge on any atom is 0.266 e. The lowest BCUT2D eigenvalue weighted by molar-refractivity contribution is 0.418. The first kappa shape index (κ1) is 11.9. The molecule has 0 radical (unpaired) electrons. The second-order valence-electron chi connectivity index (χ2n) is 2.17. The highest BCUT2D eigenvalue weighted by Gasteiger charge is 2.02. The van der Waals surface area contributed by atoms with Crippen molar-refractivity contribution in [2.75, 3.05) is 12.0 Å². The maximum atomic E-state index is 11.6. The predicted octanol–water partition coefficient (Wildman–Crippen LogP) is 3.52. The lowest BCUT2D eigenvalue weighted by Crippen LogP contribution is -1.76. The molecule has 1 heterocycles. The third-order valence-corrected chi connectivity index (χ3v) is 4.27. The number of halogens is 2. The average Bonchev–Trinajstić information content (AvgIpc) is 2.60. The van der Waals surface area contributed by atoms with Crippen LogP contribution in [0.1, 0.15) is 6.42 Å². The van der Waals surface area contributed by atoms with Crippen molar-refractivity contribution in [2.45, 2.75) is 15.1 Å². The predicted molar refractivity (Wildman–Crippen MR) is 57.3 cm³/mol. The molecule has 1 aromatic heterocycles. The van der Waals surface area contributed by atoms with Gasteiger partial charge in [0.25, 0.3) is 6.08 Å². The fourth-order valence-corrected chi connectivity index (χ4v) is 3.05. The summed E-state index contributed by atoms with van der Waals surface area (Å²) in [6.45, 7) is 0. The number of aromatic nitrogens is 2. The van der Waals surface area contributed by atoms with Gasteiger partial charge in [0.15, 0.2) is 8.68 Å². The van der Waals surface area contributed by atoms with Crippen LogP contribution in [0.4, 0.5) is 8.78 Å². The van der Waals surface area contributed by atoms with Crippen LogP contribution in [0.25, 0.3) is 0 Å². The van der Waals surface area contributed by atoms with Gasteiger partial charge >= 0.3 is 0 Å². The summed E-state index contributed by atoms with van der Waals surface area (Å²) >= 11 is 4.47. The zero-order valence-electron chi connectivity index (χ0n) is 7.37. The molecule has 0 aliphatic heterocycles. The van der Waals surface area contributed by atoms with E-state index in [1.165, 1.54) is 34.9 Å². The topological polar surface area (TPSA) is 25.8 Å². The van der Waals surface area contributed by atoms with Crippen LogP contribution in [-0.2, 0) is 0 Å². The Morgan fingerprint density at radius 3 is 2.71 bits per heavy atom. The molecule has 0 aromatic carbocycles. The molecule has 78 valence electrons. The van der Waals surface area contributed by atoms with Gasteiger partial charge in [-0.25, -0.2) is 0 Å². The fraction of sp³-hybridized carbons (Fsp3) is 0.429. The third-order valence-electron chi connectivity index (χ3n) is 1.20. The van der Waals surface area contributed by atoms with Crippen LogP contribution in [-0.4, -0.2) is 22.2 Å². The molecule has 0 fully saturated rings. The largest absolute Gasteiger partial charge is 0.266 e. The van der Waals surface area contributed by atoms with Crippen molar-refractivity contribution in [1.29, 1.82) is 0 Å². The molecule has 2 nitrogen and oxygen atoms in total. The Morgan fingerprint density at radius 1 is 1.43 bits per heavy atom. The maximum absolute atomic E-state index is 11.6. The molecular formula is C7H8F2N2S3. The van der Waals surface area contributed by atoms with Crippen LogP contribution in [0.5, 0.6) is 0 Å². The number of allylic oxidation sites excluding steroid dienone is 1. The van der Waals surface area contributed by atoms with Gasteiger partial charge in [0.2, 0.25) is 0 Å². The molecular weight excluding hydrogens is 246 g/mol. The zero-order valence-corrected chi connectivity index (χ0v) is 9.82. The Bertz CT molecular complexity index is 310. The summed E-state index contributed by atoms with van der Waals surface area (Å²) in [6.07, 6.45) is 1.59. The summed E-state index contributed by atoms with van der Waals surface area (Å²) < 4.78 is 25.0. The quantitative estimate of drug-likeness (QED) is 0.593. The first-order chi connectivity index (χ1) is 6.72. The standard InChI is InChI=1S/C7H8F2N2S3/c1-12-6-10-11-7(14-6)13-4-2-3-5(8)9/h3H,2,4H2,1H3. The first-order valence-electron chi connectivity index (χ1n) is 3.74. The van der Waals surface area contributed by atoms with Crippen LogP contribution >= 0.6 is 34.9 Å². The minimum absolute atomic E-state index is 0.362. The van der Waals surface area contributed by atoms with Crippen molar-refractivity contribution >= 4 is 34.9 Å². The lowest BCUT2D eigenvalue weighted by Gasteiger charge is -1.90. The van der Waals surface area contributed by atoms with Crippen LogP contribution in [0, 0.1) is 0 Å². The van der Waals surface area contributed by atoms with Gasteiger partial charge in [0, 0.05) is 5.75 Å². The van der Waals surface area contributed by atoms with E-state index in [1.54, 1.807) is 0 Å². The Morgan fingerprint density at radius 2 is 2.14 bits per heavy atom. The van der Waals surface area contributed by atoms with Gasteiger partial charge in [0.05, 0.1) is 0 Å².